The lowest BCUT2D eigenvalue weighted by Crippen LogP contribution is -2.28. The molecule has 0 aromatic carbocycles. The summed E-state index contributed by atoms with van der Waals surface area (Å²) in [4.78, 5) is 21.5. The quantitative estimate of drug-likeness (QED) is 0.644. The lowest BCUT2D eigenvalue weighted by atomic mass is 10.2. The topological polar surface area (TPSA) is 46.2 Å². The van der Waals surface area contributed by atoms with Crippen molar-refractivity contribution in [1.29, 1.82) is 0 Å². The van der Waals surface area contributed by atoms with Crippen LogP contribution in [0.2, 0.25) is 0 Å². The van der Waals surface area contributed by atoms with E-state index >= 15 is 0 Å². The van der Waals surface area contributed by atoms with E-state index in [1.807, 2.05) is 6.92 Å². The van der Waals surface area contributed by atoms with Crippen molar-refractivity contribution >= 4 is 11.7 Å². The Morgan fingerprint density at radius 1 is 1.27 bits per heavy atom. The van der Waals surface area contributed by atoms with Crippen molar-refractivity contribution in [2.24, 2.45) is 0 Å². The molecule has 64 valence electrons. The number of rotatable bonds is 5. The Kier molecular flexibility index (Phi) is 5.43. The fraction of sp³-hybridized carbons (Fsp3) is 0.750. The summed E-state index contributed by atoms with van der Waals surface area (Å²) in [7, 11) is 0. The molecule has 0 rings (SSSR count). The Morgan fingerprint density at radius 3 is 2.36 bits per heavy atom. The number of carbonyl (C=O) groups excluding carboxylic acids is 2. The van der Waals surface area contributed by atoms with E-state index in [-0.39, 0.29) is 18.2 Å². The van der Waals surface area contributed by atoms with Crippen LogP contribution in [0.4, 0.5) is 0 Å². The first kappa shape index (κ1) is 10.1. The monoisotopic (exact) mass is 157 g/mol. The van der Waals surface area contributed by atoms with Gasteiger partial charge in [-0.15, -0.1) is 0 Å². The Balaban J connectivity index is 3.38. The van der Waals surface area contributed by atoms with Gasteiger partial charge in [0, 0.05) is 12.8 Å². The van der Waals surface area contributed by atoms with E-state index in [1.165, 1.54) is 0 Å². The minimum absolute atomic E-state index is 0.0607. The molecule has 0 aliphatic rings. The van der Waals surface area contributed by atoms with E-state index in [0.29, 0.717) is 12.8 Å². The number of hydrogen-bond donors (Lipinski definition) is 1. The van der Waals surface area contributed by atoms with Crippen molar-refractivity contribution in [1.82, 2.24) is 5.32 Å². The third-order valence-corrected chi connectivity index (χ3v) is 1.33. The Hall–Kier alpha value is -0.860. The zero-order valence-electron chi connectivity index (χ0n) is 7.14. The highest BCUT2D eigenvalue weighted by molar-refractivity contribution is 5.85. The molecule has 0 aliphatic heterocycles. The van der Waals surface area contributed by atoms with E-state index in [9.17, 15) is 9.59 Å². The summed E-state index contributed by atoms with van der Waals surface area (Å²) in [5.41, 5.74) is 0. The Bertz CT molecular complexity index is 143. The smallest absolute Gasteiger partial charge is 0.220 e. The van der Waals surface area contributed by atoms with Crippen LogP contribution in [0.5, 0.6) is 0 Å². The van der Waals surface area contributed by atoms with Gasteiger partial charge in [-0.05, 0) is 6.42 Å². The molecular weight excluding hydrogens is 142 g/mol. The second kappa shape index (κ2) is 5.89. The van der Waals surface area contributed by atoms with Gasteiger partial charge in [0.1, 0.15) is 0 Å². The van der Waals surface area contributed by atoms with Gasteiger partial charge in [0.2, 0.25) is 5.91 Å². The van der Waals surface area contributed by atoms with Gasteiger partial charge in [-0.2, -0.15) is 0 Å². The van der Waals surface area contributed by atoms with Crippen molar-refractivity contribution in [2.75, 3.05) is 6.54 Å². The second-order valence-corrected chi connectivity index (χ2v) is 2.42. The third-order valence-electron chi connectivity index (χ3n) is 1.33. The molecule has 0 spiro atoms. The first-order valence-corrected chi connectivity index (χ1v) is 3.99. The number of nitrogens with one attached hydrogen (secondary N) is 1. The van der Waals surface area contributed by atoms with Crippen molar-refractivity contribution in [3.8, 4) is 0 Å². The molecule has 0 aliphatic carbocycles. The summed E-state index contributed by atoms with van der Waals surface area (Å²) in [6.07, 6.45) is 1.85. The SMILES string of the molecule is CCCC(=O)CNC(=O)CC. The van der Waals surface area contributed by atoms with Crippen LogP contribution < -0.4 is 5.32 Å². The first-order valence-electron chi connectivity index (χ1n) is 3.99. The third kappa shape index (κ3) is 5.58. The van der Waals surface area contributed by atoms with Gasteiger partial charge in [0.05, 0.1) is 6.54 Å². The largest absolute Gasteiger partial charge is 0.349 e. The van der Waals surface area contributed by atoms with E-state index in [4.69, 9.17) is 0 Å². The fourth-order valence-electron chi connectivity index (χ4n) is 0.689. The first-order chi connectivity index (χ1) is 5.20. The summed E-state index contributed by atoms with van der Waals surface area (Å²) in [6, 6.07) is 0. The maximum Gasteiger partial charge on any atom is 0.220 e. The molecule has 0 atom stereocenters. The lowest BCUT2D eigenvalue weighted by molar-refractivity contribution is -0.125. The summed E-state index contributed by atoms with van der Waals surface area (Å²) in [5.74, 6) is 0.0451. The highest BCUT2D eigenvalue weighted by atomic mass is 16.2. The molecule has 0 radical (unpaired) electrons. The van der Waals surface area contributed by atoms with Crippen LogP contribution in [0.15, 0.2) is 0 Å². The van der Waals surface area contributed by atoms with E-state index in [0.717, 1.165) is 6.42 Å². The summed E-state index contributed by atoms with van der Waals surface area (Å²) in [6.45, 7) is 3.90. The molecule has 0 fully saturated rings. The van der Waals surface area contributed by atoms with E-state index in [1.54, 1.807) is 6.92 Å². The Labute approximate surface area is 67.2 Å². The predicted octanol–water partition coefficient (Wildman–Crippen LogP) is 0.882. The molecular formula is C8H15NO2. The highest BCUT2D eigenvalue weighted by Crippen LogP contribution is 1.87. The summed E-state index contributed by atoms with van der Waals surface area (Å²) >= 11 is 0. The Morgan fingerprint density at radius 2 is 1.91 bits per heavy atom. The molecule has 11 heavy (non-hydrogen) atoms. The van der Waals surface area contributed by atoms with Crippen LogP contribution in [0.3, 0.4) is 0 Å². The molecule has 1 amide bonds. The summed E-state index contributed by atoms with van der Waals surface area (Å²) in [5, 5.41) is 2.53. The van der Waals surface area contributed by atoms with Crippen LogP contribution >= 0.6 is 0 Å². The van der Waals surface area contributed by atoms with Crippen molar-refractivity contribution in [3.05, 3.63) is 0 Å². The number of Topliss-reactive ketones (excluding diaryl/α,β-unsaturated/α-hetero) is 1. The molecule has 3 heteroatoms. The molecule has 0 heterocycles. The van der Waals surface area contributed by atoms with Gasteiger partial charge in [-0.3, -0.25) is 9.59 Å². The van der Waals surface area contributed by atoms with E-state index < -0.39 is 0 Å². The molecule has 0 bridgehead atoms. The van der Waals surface area contributed by atoms with Gasteiger partial charge in [-0.1, -0.05) is 13.8 Å². The normalized spacial score (nSPS) is 9.27. The number of hydrogen-bond acceptors (Lipinski definition) is 2. The van der Waals surface area contributed by atoms with Crippen LogP contribution in [-0.4, -0.2) is 18.2 Å². The average molecular weight is 157 g/mol. The van der Waals surface area contributed by atoms with Crippen LogP contribution in [-0.2, 0) is 9.59 Å². The zero-order chi connectivity index (χ0) is 8.69. The maximum atomic E-state index is 10.8. The van der Waals surface area contributed by atoms with Gasteiger partial charge < -0.3 is 5.32 Å². The number of carbonyl (C=O) groups is 2. The van der Waals surface area contributed by atoms with E-state index in [2.05, 4.69) is 5.32 Å². The average Bonchev–Trinajstić information content (AvgIpc) is 2.01. The number of amides is 1. The van der Waals surface area contributed by atoms with Crippen LogP contribution in [0.1, 0.15) is 33.1 Å². The molecule has 0 aromatic heterocycles. The maximum absolute atomic E-state index is 10.8. The lowest BCUT2D eigenvalue weighted by Gasteiger charge is -2.00. The van der Waals surface area contributed by atoms with Gasteiger partial charge in [-0.25, -0.2) is 0 Å². The van der Waals surface area contributed by atoms with Crippen LogP contribution in [0, 0.1) is 0 Å². The molecule has 0 unspecified atom stereocenters. The minimum Gasteiger partial charge on any atom is -0.349 e. The highest BCUT2D eigenvalue weighted by Gasteiger charge is 2.01. The van der Waals surface area contributed by atoms with Crippen molar-refractivity contribution in [3.63, 3.8) is 0 Å². The molecule has 0 aromatic rings. The molecule has 1 N–H and O–H groups in total. The van der Waals surface area contributed by atoms with Crippen molar-refractivity contribution in [2.45, 2.75) is 33.1 Å². The summed E-state index contributed by atoms with van der Waals surface area (Å²) < 4.78 is 0. The van der Waals surface area contributed by atoms with Gasteiger partial charge in [0.15, 0.2) is 5.78 Å². The minimum atomic E-state index is -0.0607. The molecule has 3 nitrogen and oxygen atoms in total. The molecule has 0 saturated heterocycles. The molecule has 0 saturated carbocycles. The second-order valence-electron chi connectivity index (χ2n) is 2.42. The fourth-order valence-corrected chi connectivity index (χ4v) is 0.689. The predicted molar refractivity (Wildman–Crippen MR) is 43.2 cm³/mol. The van der Waals surface area contributed by atoms with Crippen molar-refractivity contribution < 1.29 is 9.59 Å². The standard InChI is InChI=1S/C8H15NO2/c1-3-5-7(10)6-9-8(11)4-2/h3-6H2,1-2H3,(H,9,11). The van der Waals surface area contributed by atoms with Gasteiger partial charge >= 0.3 is 0 Å². The zero-order valence-corrected chi connectivity index (χ0v) is 7.14. The van der Waals surface area contributed by atoms with Gasteiger partial charge in [0.25, 0.3) is 0 Å². The number of ketones is 1. The van der Waals surface area contributed by atoms with Crippen LogP contribution in [0.25, 0.3) is 0 Å².